The predicted octanol–water partition coefficient (Wildman–Crippen LogP) is 4.75. The molecule has 2 heterocycles. The van der Waals surface area contributed by atoms with Crippen LogP contribution >= 0.6 is 11.6 Å². The summed E-state index contributed by atoms with van der Waals surface area (Å²) < 4.78 is 10.6. The van der Waals surface area contributed by atoms with Crippen molar-refractivity contribution >= 4 is 34.6 Å². The zero-order valence-electron chi connectivity index (χ0n) is 15.1. The fraction of sp³-hybridized carbons (Fsp3) is 0.350. The molecular weight excluding hydrogens is 384 g/mol. The van der Waals surface area contributed by atoms with E-state index in [9.17, 15) is 9.59 Å². The molecule has 1 fully saturated rings. The zero-order chi connectivity index (χ0) is 19.7. The maximum Gasteiger partial charge on any atom is 0.371 e. The van der Waals surface area contributed by atoms with Crippen LogP contribution in [0.25, 0.3) is 11.1 Å². The lowest BCUT2D eigenvalue weighted by molar-refractivity contribution is 0.0590. The number of rotatable bonds is 5. The predicted molar refractivity (Wildman–Crippen MR) is 101 cm³/mol. The van der Waals surface area contributed by atoms with E-state index in [2.05, 4.69) is 4.98 Å². The van der Waals surface area contributed by atoms with E-state index in [0.717, 1.165) is 32.1 Å². The number of carbonyl (C=O) groups is 2. The van der Waals surface area contributed by atoms with Crippen LogP contribution in [0.4, 0.5) is 0 Å². The molecule has 1 N–H and O–H groups in total. The van der Waals surface area contributed by atoms with Crippen LogP contribution < -0.4 is 0 Å². The van der Waals surface area contributed by atoms with Gasteiger partial charge in [-0.1, -0.05) is 19.3 Å². The lowest BCUT2D eigenvalue weighted by atomic mass is 9.93. The Morgan fingerprint density at radius 1 is 1.14 bits per heavy atom. The van der Waals surface area contributed by atoms with E-state index >= 15 is 0 Å². The molecule has 1 aromatic carbocycles. The summed E-state index contributed by atoms with van der Waals surface area (Å²) in [5, 5.41) is 9.10. The van der Waals surface area contributed by atoms with E-state index in [1.54, 1.807) is 29.2 Å². The molecule has 3 aromatic rings. The minimum absolute atomic E-state index is 0.0283. The van der Waals surface area contributed by atoms with Gasteiger partial charge in [-0.3, -0.25) is 4.79 Å². The number of carboxylic acid groups (broad SMARTS) is 1. The quantitative estimate of drug-likeness (QED) is 0.661. The Kier molecular flexibility index (Phi) is 5.09. The average Bonchev–Trinajstić information content (AvgIpc) is 3.31. The van der Waals surface area contributed by atoms with Gasteiger partial charge in [0, 0.05) is 11.6 Å². The van der Waals surface area contributed by atoms with E-state index < -0.39 is 5.97 Å². The Hall–Kier alpha value is -2.80. The number of carboxylic acids is 1. The third kappa shape index (κ3) is 3.75. The van der Waals surface area contributed by atoms with E-state index in [4.69, 9.17) is 25.5 Å². The van der Waals surface area contributed by atoms with Crippen molar-refractivity contribution in [2.45, 2.75) is 44.7 Å². The number of oxazole rings is 1. The van der Waals surface area contributed by atoms with Crippen molar-refractivity contribution in [2.75, 3.05) is 0 Å². The highest BCUT2D eigenvalue weighted by Crippen LogP contribution is 2.27. The molecule has 28 heavy (non-hydrogen) atoms. The van der Waals surface area contributed by atoms with Gasteiger partial charge >= 0.3 is 5.97 Å². The first-order valence-corrected chi connectivity index (χ1v) is 9.58. The number of nitrogens with zero attached hydrogens (tertiary/aromatic N) is 2. The third-order valence-corrected chi connectivity index (χ3v) is 5.25. The molecule has 8 heteroatoms. The van der Waals surface area contributed by atoms with Crippen LogP contribution in [-0.2, 0) is 6.54 Å². The van der Waals surface area contributed by atoms with Gasteiger partial charge in [0.05, 0.1) is 6.54 Å². The van der Waals surface area contributed by atoms with Crippen molar-refractivity contribution < 1.29 is 23.5 Å². The summed E-state index contributed by atoms with van der Waals surface area (Å²) >= 11 is 5.80. The molecule has 1 aliphatic rings. The van der Waals surface area contributed by atoms with Crippen molar-refractivity contribution in [3.63, 3.8) is 0 Å². The topological polar surface area (TPSA) is 96.8 Å². The molecule has 1 aliphatic carbocycles. The molecule has 1 amide bonds. The number of hydrogen-bond acceptors (Lipinski definition) is 5. The van der Waals surface area contributed by atoms with Crippen molar-refractivity contribution in [3.8, 4) is 0 Å². The normalized spacial score (nSPS) is 15.0. The van der Waals surface area contributed by atoms with Gasteiger partial charge < -0.3 is 18.8 Å². The fourth-order valence-corrected chi connectivity index (χ4v) is 3.88. The maximum atomic E-state index is 13.3. The molecule has 7 nitrogen and oxygen atoms in total. The maximum absolute atomic E-state index is 13.3. The van der Waals surface area contributed by atoms with Crippen LogP contribution in [0.5, 0.6) is 0 Å². The van der Waals surface area contributed by atoms with Crippen LogP contribution in [0.15, 0.2) is 39.2 Å². The summed E-state index contributed by atoms with van der Waals surface area (Å²) in [4.78, 5) is 30.2. The molecule has 146 valence electrons. The number of carbonyl (C=O) groups excluding carboxylic acids is 1. The third-order valence-electron chi connectivity index (χ3n) is 5.08. The number of furan rings is 1. The minimum Gasteiger partial charge on any atom is -0.475 e. The second kappa shape index (κ2) is 7.67. The molecule has 0 atom stereocenters. The number of hydrogen-bond donors (Lipinski definition) is 1. The van der Waals surface area contributed by atoms with Gasteiger partial charge in [0.1, 0.15) is 11.3 Å². The van der Waals surface area contributed by atoms with Crippen molar-refractivity contribution in [2.24, 2.45) is 0 Å². The fourth-order valence-electron chi connectivity index (χ4n) is 3.70. The highest BCUT2D eigenvalue weighted by molar-refractivity contribution is 6.28. The summed E-state index contributed by atoms with van der Waals surface area (Å²) in [6, 6.07) is 8.12. The summed E-state index contributed by atoms with van der Waals surface area (Å²) in [6.07, 6.45) is 5.11. The highest BCUT2D eigenvalue weighted by atomic mass is 35.5. The van der Waals surface area contributed by atoms with Crippen molar-refractivity contribution in [1.29, 1.82) is 0 Å². The van der Waals surface area contributed by atoms with Crippen LogP contribution in [0.3, 0.4) is 0 Å². The minimum atomic E-state index is -1.13. The summed E-state index contributed by atoms with van der Waals surface area (Å²) in [6.45, 7) is 0.217. The standard InChI is InChI=1S/C20H19ClN2O5/c21-20-22-15-10-12(6-8-16(15)28-20)18(24)23(13-4-2-1-3-5-13)11-14-7-9-17(27-14)19(25)26/h6-10,13H,1-5,11H2,(H,25,26). The van der Waals surface area contributed by atoms with Gasteiger partial charge in [-0.25, -0.2) is 4.79 Å². The second-order valence-electron chi connectivity index (χ2n) is 6.95. The number of aromatic nitrogens is 1. The Labute approximate surface area is 165 Å². The van der Waals surface area contributed by atoms with Crippen LogP contribution in [0, 0.1) is 0 Å². The van der Waals surface area contributed by atoms with Crippen LogP contribution in [0.2, 0.25) is 5.35 Å². The number of aromatic carboxylic acids is 1. The monoisotopic (exact) mass is 402 g/mol. The molecule has 2 aromatic heterocycles. The largest absolute Gasteiger partial charge is 0.475 e. The molecule has 0 bridgehead atoms. The molecule has 0 spiro atoms. The van der Waals surface area contributed by atoms with Gasteiger partial charge in [-0.05, 0) is 54.8 Å². The van der Waals surface area contributed by atoms with E-state index in [0.29, 0.717) is 22.4 Å². The summed E-state index contributed by atoms with van der Waals surface area (Å²) in [5.41, 5.74) is 1.52. The zero-order valence-corrected chi connectivity index (χ0v) is 15.8. The van der Waals surface area contributed by atoms with E-state index in [1.807, 2.05) is 0 Å². The van der Waals surface area contributed by atoms with Crippen LogP contribution in [-0.4, -0.2) is 32.9 Å². The Balaban J connectivity index is 1.64. The first-order chi connectivity index (χ1) is 13.5. The first-order valence-electron chi connectivity index (χ1n) is 9.20. The van der Waals surface area contributed by atoms with Gasteiger partial charge in [0.15, 0.2) is 5.58 Å². The Bertz CT molecular complexity index is 1020. The lowest BCUT2D eigenvalue weighted by Gasteiger charge is -2.34. The van der Waals surface area contributed by atoms with Crippen molar-refractivity contribution in [1.82, 2.24) is 9.88 Å². The Morgan fingerprint density at radius 2 is 1.93 bits per heavy atom. The Morgan fingerprint density at radius 3 is 2.64 bits per heavy atom. The van der Waals surface area contributed by atoms with E-state index in [1.165, 1.54) is 6.07 Å². The summed E-state index contributed by atoms with van der Waals surface area (Å²) in [7, 11) is 0. The molecule has 0 saturated heterocycles. The molecule has 1 saturated carbocycles. The molecular formula is C20H19ClN2O5. The smallest absolute Gasteiger partial charge is 0.371 e. The number of fused-ring (bicyclic) bond motifs is 1. The number of amides is 1. The average molecular weight is 403 g/mol. The number of halogens is 1. The molecule has 0 aliphatic heterocycles. The van der Waals surface area contributed by atoms with Gasteiger partial charge in [-0.2, -0.15) is 4.98 Å². The first kappa shape index (κ1) is 18.6. The molecule has 0 radical (unpaired) electrons. The number of benzene rings is 1. The molecule has 0 unspecified atom stereocenters. The highest BCUT2D eigenvalue weighted by Gasteiger charge is 2.28. The van der Waals surface area contributed by atoms with Crippen LogP contribution in [0.1, 0.15) is 58.8 Å². The van der Waals surface area contributed by atoms with Gasteiger partial charge in [-0.15, -0.1) is 0 Å². The second-order valence-corrected chi connectivity index (χ2v) is 7.27. The molecule has 4 rings (SSSR count). The lowest BCUT2D eigenvalue weighted by Crippen LogP contribution is -2.40. The van der Waals surface area contributed by atoms with Gasteiger partial charge in [0.25, 0.3) is 11.3 Å². The van der Waals surface area contributed by atoms with E-state index in [-0.39, 0.29) is 29.6 Å². The summed E-state index contributed by atoms with van der Waals surface area (Å²) in [5.74, 6) is -0.970. The SMILES string of the molecule is O=C(O)c1ccc(CN(C(=O)c2ccc3oc(Cl)nc3c2)C2CCCCC2)o1. The van der Waals surface area contributed by atoms with Crippen molar-refractivity contribution in [3.05, 3.63) is 52.8 Å². The van der Waals surface area contributed by atoms with Gasteiger partial charge in [0.2, 0.25) is 5.76 Å².